The van der Waals surface area contributed by atoms with E-state index in [0.717, 1.165) is 64.2 Å². The molecule has 0 aliphatic carbocycles. The van der Waals surface area contributed by atoms with Crippen LogP contribution in [0, 0.1) is 0 Å². The molecular formula is C40H76NO8P. The minimum absolute atomic E-state index is 0.0829. The van der Waals surface area contributed by atoms with Crippen molar-refractivity contribution in [2.75, 3.05) is 26.4 Å². The van der Waals surface area contributed by atoms with Gasteiger partial charge in [-0.05, 0) is 44.9 Å². The van der Waals surface area contributed by atoms with Gasteiger partial charge in [-0.25, -0.2) is 4.57 Å². The molecule has 0 rings (SSSR count). The number of carbonyl (C=O) groups excluding carboxylic acids is 2. The Morgan fingerprint density at radius 3 is 1.62 bits per heavy atom. The van der Waals surface area contributed by atoms with Crippen LogP contribution in [0.1, 0.15) is 187 Å². The number of unbranched alkanes of at least 4 members (excludes halogenated alkanes) is 21. The molecule has 0 aliphatic heterocycles. The summed E-state index contributed by atoms with van der Waals surface area (Å²) in [5.74, 6) is -0.527. The monoisotopic (exact) mass is 730 g/mol. The first-order valence-corrected chi connectivity index (χ1v) is 21.8. The van der Waals surface area contributed by atoms with Crippen LogP contribution in [0.25, 0.3) is 0 Å². The summed E-state index contributed by atoms with van der Waals surface area (Å²) in [7, 11) is -4.41. The van der Waals surface area contributed by atoms with Crippen molar-refractivity contribution in [3.63, 3.8) is 0 Å². The lowest BCUT2D eigenvalue weighted by molar-refractivity contribution is -0.147. The fourth-order valence-electron chi connectivity index (χ4n) is 5.53. The van der Waals surface area contributed by atoms with Crippen molar-refractivity contribution >= 4 is 19.7 Å². The van der Waals surface area contributed by atoms with Crippen molar-refractivity contribution in [2.45, 2.75) is 193 Å². The third-order valence-electron chi connectivity index (χ3n) is 8.63. The van der Waals surface area contributed by atoms with Gasteiger partial charge >= 0.3 is 13.8 Å². The Balaban J connectivity index is 3.63. The SMILES string of the molecule is CCCCCC/C=C\C/C=C\CCCCCCCC(=O)OCC(O)COP(=O)(O)OCCNC(=O)CCCCCCCCCCCCCCC. The van der Waals surface area contributed by atoms with Crippen LogP contribution in [-0.4, -0.2) is 54.3 Å². The number of aliphatic hydroxyl groups is 1. The first kappa shape index (κ1) is 48.5. The van der Waals surface area contributed by atoms with Crippen molar-refractivity contribution in [2.24, 2.45) is 0 Å². The molecule has 0 aromatic carbocycles. The number of ether oxygens (including phenoxy) is 1. The molecule has 0 fully saturated rings. The van der Waals surface area contributed by atoms with Crippen LogP contribution in [0.3, 0.4) is 0 Å². The van der Waals surface area contributed by atoms with Crippen LogP contribution in [-0.2, 0) is 27.9 Å². The zero-order valence-electron chi connectivity index (χ0n) is 32.1. The predicted octanol–water partition coefficient (Wildman–Crippen LogP) is 10.8. The van der Waals surface area contributed by atoms with Gasteiger partial charge in [0.1, 0.15) is 12.7 Å². The standard InChI is InChI=1S/C40H76NO8P/c1-3-5-7-9-11-13-15-17-18-19-21-23-25-27-29-31-33-40(44)47-36-38(42)37-49-50(45,46)48-35-34-41-39(43)32-30-28-26-24-22-20-16-14-12-10-8-6-4-2/h13,15,18-19,38,42H,3-12,14,16-17,20-37H2,1-2H3,(H,41,43)(H,45,46)/b15-13-,19-18-. The maximum Gasteiger partial charge on any atom is 0.472 e. The Bertz CT molecular complexity index is 881. The van der Waals surface area contributed by atoms with Crippen molar-refractivity contribution in [3.05, 3.63) is 24.3 Å². The van der Waals surface area contributed by atoms with Gasteiger partial charge in [-0.1, -0.05) is 154 Å². The third kappa shape index (κ3) is 37.7. The summed E-state index contributed by atoms with van der Waals surface area (Å²) in [4.78, 5) is 33.8. The van der Waals surface area contributed by atoms with Crippen molar-refractivity contribution < 1.29 is 37.9 Å². The quantitative estimate of drug-likeness (QED) is 0.0248. The molecule has 2 unspecified atom stereocenters. The first-order valence-electron chi connectivity index (χ1n) is 20.3. The summed E-state index contributed by atoms with van der Waals surface area (Å²) in [6.45, 7) is 3.52. The highest BCUT2D eigenvalue weighted by atomic mass is 31.2. The zero-order chi connectivity index (χ0) is 36.8. The topological polar surface area (TPSA) is 131 Å². The zero-order valence-corrected chi connectivity index (χ0v) is 33.0. The van der Waals surface area contributed by atoms with Gasteiger partial charge in [0.15, 0.2) is 0 Å². The number of hydrogen-bond donors (Lipinski definition) is 3. The third-order valence-corrected chi connectivity index (χ3v) is 9.62. The maximum absolute atomic E-state index is 12.1. The summed E-state index contributed by atoms with van der Waals surface area (Å²) < 4.78 is 26.8. The van der Waals surface area contributed by atoms with Gasteiger partial charge in [0.2, 0.25) is 5.91 Å². The Kier molecular flexibility index (Phi) is 36.1. The van der Waals surface area contributed by atoms with Gasteiger partial charge in [0.25, 0.3) is 0 Å². The Hall–Kier alpha value is -1.51. The number of allylic oxidation sites excluding steroid dienone is 4. The number of carbonyl (C=O) groups is 2. The number of nitrogens with one attached hydrogen (secondary N) is 1. The summed E-state index contributed by atoms with van der Waals surface area (Å²) in [5, 5.41) is 12.7. The van der Waals surface area contributed by atoms with Crippen molar-refractivity contribution in [1.29, 1.82) is 0 Å². The molecule has 9 nitrogen and oxygen atoms in total. The summed E-state index contributed by atoms with van der Waals surface area (Å²) >= 11 is 0. The number of amides is 1. The minimum Gasteiger partial charge on any atom is -0.463 e. The van der Waals surface area contributed by atoms with Crippen molar-refractivity contribution in [3.8, 4) is 0 Å². The highest BCUT2D eigenvalue weighted by Crippen LogP contribution is 2.42. The number of rotatable bonds is 38. The number of phosphoric ester groups is 1. The Morgan fingerprint density at radius 1 is 0.620 bits per heavy atom. The predicted molar refractivity (Wildman–Crippen MR) is 206 cm³/mol. The van der Waals surface area contributed by atoms with Crippen LogP contribution < -0.4 is 5.32 Å². The minimum atomic E-state index is -4.41. The van der Waals surface area contributed by atoms with E-state index in [9.17, 15) is 24.2 Å². The molecule has 50 heavy (non-hydrogen) atoms. The normalized spacial score (nSPS) is 13.6. The molecule has 10 heteroatoms. The molecule has 1 amide bonds. The molecule has 0 saturated heterocycles. The van der Waals surface area contributed by atoms with Crippen LogP contribution >= 0.6 is 7.82 Å². The molecule has 2 atom stereocenters. The second kappa shape index (κ2) is 37.3. The molecule has 0 aromatic heterocycles. The van der Waals surface area contributed by atoms with E-state index in [4.69, 9.17) is 13.8 Å². The van der Waals surface area contributed by atoms with Crippen molar-refractivity contribution in [1.82, 2.24) is 5.32 Å². The number of esters is 1. The van der Waals surface area contributed by atoms with E-state index in [2.05, 4.69) is 43.5 Å². The molecule has 0 aliphatic rings. The van der Waals surface area contributed by atoms with Crippen LogP contribution in [0.15, 0.2) is 24.3 Å². The van der Waals surface area contributed by atoms with Crippen LogP contribution in [0.2, 0.25) is 0 Å². The lowest BCUT2D eigenvalue weighted by Gasteiger charge is -2.15. The van der Waals surface area contributed by atoms with E-state index in [-0.39, 0.29) is 32.1 Å². The summed E-state index contributed by atoms with van der Waals surface area (Å²) in [5.41, 5.74) is 0. The lowest BCUT2D eigenvalue weighted by atomic mass is 10.0. The molecule has 0 heterocycles. The van der Waals surface area contributed by atoms with E-state index < -0.39 is 26.5 Å². The van der Waals surface area contributed by atoms with E-state index >= 15 is 0 Å². The average Bonchev–Trinajstić information content (AvgIpc) is 3.10. The highest BCUT2D eigenvalue weighted by Gasteiger charge is 2.23. The van der Waals surface area contributed by atoms with Gasteiger partial charge in [0, 0.05) is 19.4 Å². The van der Waals surface area contributed by atoms with E-state index in [0.29, 0.717) is 6.42 Å². The molecule has 0 spiro atoms. The largest absolute Gasteiger partial charge is 0.472 e. The van der Waals surface area contributed by atoms with E-state index in [1.807, 2.05) is 0 Å². The van der Waals surface area contributed by atoms with Gasteiger partial charge in [-0.2, -0.15) is 0 Å². The summed E-state index contributed by atoms with van der Waals surface area (Å²) in [6.07, 6.45) is 38.1. The van der Waals surface area contributed by atoms with Crippen LogP contribution in [0.4, 0.5) is 0 Å². The Labute approximate surface area is 306 Å². The van der Waals surface area contributed by atoms with Gasteiger partial charge < -0.3 is 20.1 Å². The average molecular weight is 730 g/mol. The molecule has 3 N–H and O–H groups in total. The molecule has 0 saturated carbocycles. The smallest absolute Gasteiger partial charge is 0.463 e. The number of hydrogen-bond acceptors (Lipinski definition) is 7. The lowest BCUT2D eigenvalue weighted by Crippen LogP contribution is -2.27. The van der Waals surface area contributed by atoms with E-state index in [1.54, 1.807) is 0 Å². The first-order chi connectivity index (χ1) is 24.3. The van der Waals surface area contributed by atoms with Gasteiger partial charge in [-0.3, -0.25) is 18.6 Å². The second-order valence-corrected chi connectivity index (χ2v) is 15.1. The summed E-state index contributed by atoms with van der Waals surface area (Å²) in [6, 6.07) is 0. The van der Waals surface area contributed by atoms with E-state index in [1.165, 1.54) is 96.3 Å². The Morgan fingerprint density at radius 2 is 1.08 bits per heavy atom. The molecule has 0 bridgehead atoms. The highest BCUT2D eigenvalue weighted by molar-refractivity contribution is 7.47. The fourth-order valence-corrected chi connectivity index (χ4v) is 6.28. The number of phosphoric acid groups is 1. The maximum atomic E-state index is 12.1. The molecule has 294 valence electrons. The van der Waals surface area contributed by atoms with Gasteiger partial charge in [-0.15, -0.1) is 0 Å². The second-order valence-electron chi connectivity index (χ2n) is 13.6. The van der Waals surface area contributed by atoms with Gasteiger partial charge in [0.05, 0.1) is 13.2 Å². The molecule has 0 radical (unpaired) electrons. The van der Waals surface area contributed by atoms with Crippen LogP contribution in [0.5, 0.6) is 0 Å². The molecule has 0 aromatic rings. The number of aliphatic hydroxyl groups excluding tert-OH is 1. The fraction of sp³-hybridized carbons (Fsp3) is 0.850. The molecular weight excluding hydrogens is 653 g/mol.